The molecule has 2 atom stereocenters. The van der Waals surface area contributed by atoms with Crippen molar-refractivity contribution in [3.05, 3.63) is 35.6 Å². The zero-order chi connectivity index (χ0) is 19.8. The highest BCUT2D eigenvalue weighted by atomic mass is 35.5. The van der Waals surface area contributed by atoms with Gasteiger partial charge in [0.25, 0.3) is 0 Å². The molecule has 4 N–H and O–H groups in total. The summed E-state index contributed by atoms with van der Waals surface area (Å²) in [6.45, 7) is 6.47. The molecule has 2 rings (SSSR count). The third kappa shape index (κ3) is 8.84. The molecule has 1 aromatic rings. The zero-order valence-electron chi connectivity index (χ0n) is 16.7. The molecular weight excluding hydrogens is 422 g/mol. The molecule has 0 aromatic heterocycles. The molecule has 1 aliphatic rings. The van der Waals surface area contributed by atoms with Gasteiger partial charge >= 0.3 is 0 Å². The summed E-state index contributed by atoms with van der Waals surface area (Å²) in [6, 6.07) is 5.57. The van der Waals surface area contributed by atoms with Gasteiger partial charge in [0.05, 0.1) is 31.8 Å². The van der Waals surface area contributed by atoms with Gasteiger partial charge in [-0.25, -0.2) is 4.39 Å². The molecule has 1 unspecified atom stereocenters. The number of hydrogen-bond donors (Lipinski definition) is 3. The van der Waals surface area contributed by atoms with E-state index in [-0.39, 0.29) is 61.0 Å². The Balaban J connectivity index is 0.00000392. The second kappa shape index (κ2) is 13.7. The maximum atomic E-state index is 13.7. The number of carbonyl (C=O) groups excluding carboxylic acids is 2. The van der Waals surface area contributed by atoms with Crippen LogP contribution in [0.5, 0.6) is 0 Å². The van der Waals surface area contributed by atoms with E-state index in [2.05, 4.69) is 15.5 Å². The normalized spacial score (nSPS) is 16.2. The van der Waals surface area contributed by atoms with Gasteiger partial charge in [-0.15, -0.1) is 24.8 Å². The standard InChI is InChI=1S/C19H29FN4O3.2ClH/c1-13(2)18(21)19(26)23-12-17(25)22-11-16(24-6-8-27-9-7-24)14-4-3-5-15(20)10-14;;/h3-5,10,13,16,18H,6-9,11-12,21H2,1-2H3,(H,22,25)(H,23,26);2*1H/t16?,18-;;/m0../s1. The quantitative estimate of drug-likeness (QED) is 0.551. The van der Waals surface area contributed by atoms with Crippen LogP contribution in [-0.2, 0) is 14.3 Å². The monoisotopic (exact) mass is 452 g/mol. The fraction of sp³-hybridized carbons (Fsp3) is 0.579. The van der Waals surface area contributed by atoms with Crippen LogP contribution < -0.4 is 16.4 Å². The van der Waals surface area contributed by atoms with Gasteiger partial charge in [0.2, 0.25) is 11.8 Å². The van der Waals surface area contributed by atoms with E-state index in [0.717, 1.165) is 5.56 Å². The van der Waals surface area contributed by atoms with E-state index in [9.17, 15) is 14.0 Å². The molecule has 0 saturated carbocycles. The third-order valence-corrected chi connectivity index (χ3v) is 4.66. The number of amides is 2. The lowest BCUT2D eigenvalue weighted by Crippen LogP contribution is -2.48. The number of nitrogens with zero attached hydrogens (tertiary/aromatic N) is 1. The summed E-state index contributed by atoms with van der Waals surface area (Å²) < 4.78 is 19.0. The highest BCUT2D eigenvalue weighted by Crippen LogP contribution is 2.22. The number of nitrogens with one attached hydrogen (secondary N) is 2. The molecule has 1 aromatic carbocycles. The molecule has 7 nitrogen and oxygen atoms in total. The van der Waals surface area contributed by atoms with Crippen molar-refractivity contribution < 1.29 is 18.7 Å². The lowest BCUT2D eigenvalue weighted by molar-refractivity contribution is -0.127. The maximum absolute atomic E-state index is 13.7. The van der Waals surface area contributed by atoms with Crippen molar-refractivity contribution in [3.8, 4) is 0 Å². The molecule has 1 heterocycles. The largest absolute Gasteiger partial charge is 0.379 e. The first-order valence-corrected chi connectivity index (χ1v) is 9.25. The maximum Gasteiger partial charge on any atom is 0.239 e. The van der Waals surface area contributed by atoms with Crippen LogP contribution in [0.25, 0.3) is 0 Å². The molecule has 2 amide bonds. The summed E-state index contributed by atoms with van der Waals surface area (Å²) in [7, 11) is 0. The number of nitrogens with two attached hydrogens (primary N) is 1. The Morgan fingerprint density at radius 1 is 1.21 bits per heavy atom. The lowest BCUT2D eigenvalue weighted by Gasteiger charge is -2.35. The zero-order valence-corrected chi connectivity index (χ0v) is 18.4. The molecule has 0 spiro atoms. The van der Waals surface area contributed by atoms with E-state index in [1.807, 2.05) is 19.9 Å². The van der Waals surface area contributed by atoms with Gasteiger partial charge in [0.15, 0.2) is 0 Å². The minimum atomic E-state index is -0.647. The highest BCUT2D eigenvalue weighted by Gasteiger charge is 2.24. The summed E-state index contributed by atoms with van der Waals surface area (Å²) in [5.41, 5.74) is 6.55. The summed E-state index contributed by atoms with van der Waals surface area (Å²) in [6.07, 6.45) is 0. The first-order chi connectivity index (χ1) is 12.9. The van der Waals surface area contributed by atoms with Crippen LogP contribution in [-0.4, -0.2) is 62.1 Å². The Morgan fingerprint density at radius 2 is 1.86 bits per heavy atom. The number of hydrogen-bond acceptors (Lipinski definition) is 5. The highest BCUT2D eigenvalue weighted by molar-refractivity contribution is 5.87. The Bertz CT molecular complexity index is 646. The fourth-order valence-corrected chi connectivity index (χ4v) is 2.92. The molecular formula is C19H31Cl2FN4O3. The first-order valence-electron chi connectivity index (χ1n) is 9.25. The van der Waals surface area contributed by atoms with E-state index in [0.29, 0.717) is 32.8 Å². The molecule has 10 heteroatoms. The van der Waals surface area contributed by atoms with E-state index in [4.69, 9.17) is 10.5 Å². The summed E-state index contributed by atoms with van der Waals surface area (Å²) in [5.74, 6) is -0.984. The molecule has 1 saturated heterocycles. The van der Waals surface area contributed by atoms with Gasteiger partial charge in [-0.2, -0.15) is 0 Å². The average Bonchev–Trinajstić information content (AvgIpc) is 2.66. The van der Waals surface area contributed by atoms with Crippen molar-refractivity contribution in [2.45, 2.75) is 25.9 Å². The predicted molar refractivity (Wildman–Crippen MR) is 115 cm³/mol. The van der Waals surface area contributed by atoms with Crippen molar-refractivity contribution >= 4 is 36.6 Å². The summed E-state index contributed by atoms with van der Waals surface area (Å²) in [4.78, 5) is 26.2. The van der Waals surface area contributed by atoms with Gasteiger partial charge in [-0.3, -0.25) is 14.5 Å². The topological polar surface area (TPSA) is 96.7 Å². The van der Waals surface area contributed by atoms with E-state index >= 15 is 0 Å². The minimum Gasteiger partial charge on any atom is -0.379 e. The molecule has 1 aliphatic heterocycles. The number of ether oxygens (including phenoxy) is 1. The number of carbonyl (C=O) groups is 2. The third-order valence-electron chi connectivity index (χ3n) is 4.66. The summed E-state index contributed by atoms with van der Waals surface area (Å²) in [5, 5.41) is 5.37. The molecule has 1 fully saturated rings. The Morgan fingerprint density at radius 3 is 2.45 bits per heavy atom. The molecule has 0 aliphatic carbocycles. The molecule has 0 bridgehead atoms. The minimum absolute atomic E-state index is 0. The summed E-state index contributed by atoms with van der Waals surface area (Å²) >= 11 is 0. The molecule has 29 heavy (non-hydrogen) atoms. The van der Waals surface area contributed by atoms with Crippen LogP contribution in [0.1, 0.15) is 25.5 Å². The van der Waals surface area contributed by atoms with Crippen molar-refractivity contribution in [2.75, 3.05) is 39.4 Å². The Labute approximate surface area is 183 Å². The number of rotatable bonds is 8. The van der Waals surface area contributed by atoms with Gasteiger partial charge < -0.3 is 21.1 Å². The SMILES string of the molecule is CC(C)[C@H](N)C(=O)NCC(=O)NCC(c1cccc(F)c1)N1CCOCC1.Cl.Cl. The number of halogens is 3. The fourth-order valence-electron chi connectivity index (χ4n) is 2.92. The van der Waals surface area contributed by atoms with E-state index in [1.165, 1.54) is 12.1 Å². The van der Waals surface area contributed by atoms with Crippen LogP contribution in [0.4, 0.5) is 4.39 Å². The lowest BCUT2D eigenvalue weighted by atomic mass is 10.0. The Kier molecular flexibility index (Phi) is 13.0. The number of morpholine rings is 1. The van der Waals surface area contributed by atoms with Crippen molar-refractivity contribution in [3.63, 3.8) is 0 Å². The average molecular weight is 453 g/mol. The van der Waals surface area contributed by atoms with Crippen LogP contribution in [0, 0.1) is 11.7 Å². The second-order valence-corrected chi connectivity index (χ2v) is 7.01. The van der Waals surface area contributed by atoms with Crippen molar-refractivity contribution in [1.82, 2.24) is 15.5 Å². The van der Waals surface area contributed by atoms with Crippen LogP contribution in [0.15, 0.2) is 24.3 Å². The van der Waals surface area contributed by atoms with Gasteiger partial charge in [-0.1, -0.05) is 26.0 Å². The van der Waals surface area contributed by atoms with E-state index < -0.39 is 6.04 Å². The van der Waals surface area contributed by atoms with Crippen molar-refractivity contribution in [1.29, 1.82) is 0 Å². The van der Waals surface area contributed by atoms with Gasteiger partial charge in [0.1, 0.15) is 5.82 Å². The van der Waals surface area contributed by atoms with Crippen LogP contribution in [0.2, 0.25) is 0 Å². The molecule has 0 radical (unpaired) electrons. The molecule has 166 valence electrons. The van der Waals surface area contributed by atoms with Gasteiger partial charge in [-0.05, 0) is 23.6 Å². The first kappa shape index (κ1) is 27.5. The second-order valence-electron chi connectivity index (χ2n) is 7.01. The van der Waals surface area contributed by atoms with Gasteiger partial charge in [0, 0.05) is 19.6 Å². The van der Waals surface area contributed by atoms with E-state index in [1.54, 1.807) is 6.07 Å². The van der Waals surface area contributed by atoms with Crippen LogP contribution in [0.3, 0.4) is 0 Å². The predicted octanol–water partition coefficient (Wildman–Crippen LogP) is 1.26. The Hall–Kier alpha value is -1.45. The van der Waals surface area contributed by atoms with Crippen molar-refractivity contribution in [2.24, 2.45) is 11.7 Å². The number of benzene rings is 1. The smallest absolute Gasteiger partial charge is 0.239 e. The van der Waals surface area contributed by atoms with Crippen LogP contribution >= 0.6 is 24.8 Å².